The van der Waals surface area contributed by atoms with Gasteiger partial charge in [-0.1, -0.05) is 11.6 Å². The first-order valence-electron chi connectivity index (χ1n) is 9.30. The van der Waals surface area contributed by atoms with Gasteiger partial charge in [-0.15, -0.1) is 0 Å². The highest BCUT2D eigenvalue weighted by atomic mass is 35.5. The van der Waals surface area contributed by atoms with Crippen LogP contribution < -0.4 is 15.4 Å². The van der Waals surface area contributed by atoms with E-state index in [0.717, 1.165) is 30.6 Å². The molecule has 3 aromatic rings. The molecule has 2 heterocycles. The van der Waals surface area contributed by atoms with Crippen LogP contribution in [0.2, 0.25) is 5.02 Å². The maximum absolute atomic E-state index is 13.4. The zero-order valence-electron chi connectivity index (χ0n) is 17.0. The van der Waals surface area contributed by atoms with Crippen LogP contribution in [0.15, 0.2) is 36.8 Å². The molecule has 0 fully saturated rings. The van der Waals surface area contributed by atoms with Crippen LogP contribution in [0.1, 0.15) is 6.42 Å². The van der Waals surface area contributed by atoms with E-state index in [4.69, 9.17) is 16.3 Å². The van der Waals surface area contributed by atoms with E-state index in [1.54, 1.807) is 24.7 Å². The third kappa shape index (κ3) is 5.74. The van der Waals surface area contributed by atoms with Crippen LogP contribution in [-0.2, 0) is 0 Å². The SMILES string of the molecule is COc1ncc(-c2cnc(Nc3ccc(F)c(Cl)c3)nc2NCCCN(C)C)cn1. The van der Waals surface area contributed by atoms with Crippen LogP contribution in [0.5, 0.6) is 6.01 Å². The number of methoxy groups -OCH3 is 1. The number of ether oxygens (including phenoxy) is 1. The first-order chi connectivity index (χ1) is 14.5. The summed E-state index contributed by atoms with van der Waals surface area (Å²) in [5, 5.41) is 6.42. The number of nitrogens with zero attached hydrogens (tertiary/aromatic N) is 5. The lowest BCUT2D eigenvalue weighted by molar-refractivity contribution is 0.380. The van der Waals surface area contributed by atoms with Crippen molar-refractivity contribution in [3.05, 3.63) is 47.6 Å². The number of anilines is 3. The van der Waals surface area contributed by atoms with Gasteiger partial charge in [0.2, 0.25) is 5.95 Å². The van der Waals surface area contributed by atoms with Gasteiger partial charge in [0.1, 0.15) is 11.6 Å². The summed E-state index contributed by atoms with van der Waals surface area (Å²) < 4.78 is 18.4. The zero-order valence-corrected chi connectivity index (χ0v) is 17.7. The summed E-state index contributed by atoms with van der Waals surface area (Å²) in [6.07, 6.45) is 5.93. The molecule has 0 amide bonds. The fraction of sp³-hybridized carbons (Fsp3) is 0.300. The Hall–Kier alpha value is -3.04. The number of hydrogen-bond donors (Lipinski definition) is 2. The van der Waals surface area contributed by atoms with Crippen LogP contribution >= 0.6 is 11.6 Å². The van der Waals surface area contributed by atoms with Crippen LogP contribution in [0.3, 0.4) is 0 Å². The first kappa shape index (κ1) is 21.7. The van der Waals surface area contributed by atoms with E-state index < -0.39 is 5.82 Å². The molecule has 0 aliphatic heterocycles. The number of halogens is 2. The number of benzene rings is 1. The van der Waals surface area contributed by atoms with Gasteiger partial charge in [-0.3, -0.25) is 0 Å². The maximum atomic E-state index is 13.4. The van der Waals surface area contributed by atoms with Gasteiger partial charge in [0, 0.05) is 41.9 Å². The molecule has 0 saturated carbocycles. The molecule has 2 aromatic heterocycles. The summed E-state index contributed by atoms with van der Waals surface area (Å²) in [6.45, 7) is 1.67. The standard InChI is InChI=1S/C20H23ClFN7O/c1-29(2)8-4-7-23-18-15(13-10-25-20(30-3)26-11-13)12-24-19(28-18)27-14-5-6-17(22)16(21)9-14/h5-6,9-12H,4,7-8H2,1-3H3,(H2,23,24,27,28). The molecule has 0 radical (unpaired) electrons. The summed E-state index contributed by atoms with van der Waals surface area (Å²) in [5.41, 5.74) is 2.09. The second kappa shape index (κ2) is 10.1. The Morgan fingerprint density at radius 1 is 1.13 bits per heavy atom. The quantitative estimate of drug-likeness (QED) is 0.494. The van der Waals surface area contributed by atoms with E-state index in [2.05, 4.69) is 35.5 Å². The third-order valence-corrected chi connectivity index (χ3v) is 4.45. The van der Waals surface area contributed by atoms with Gasteiger partial charge < -0.3 is 20.3 Å². The van der Waals surface area contributed by atoms with E-state index >= 15 is 0 Å². The Kier molecular flexibility index (Phi) is 7.31. The third-order valence-electron chi connectivity index (χ3n) is 4.16. The van der Waals surface area contributed by atoms with Crippen LogP contribution in [0.4, 0.5) is 21.8 Å². The fourth-order valence-electron chi connectivity index (χ4n) is 2.65. The lowest BCUT2D eigenvalue weighted by Gasteiger charge is -2.14. The van der Waals surface area contributed by atoms with Crippen molar-refractivity contribution in [2.45, 2.75) is 6.42 Å². The Bertz CT molecular complexity index is 985. The lowest BCUT2D eigenvalue weighted by Crippen LogP contribution is -2.17. The Labute approximate surface area is 179 Å². The van der Waals surface area contributed by atoms with E-state index in [0.29, 0.717) is 17.5 Å². The van der Waals surface area contributed by atoms with Crippen molar-refractivity contribution in [2.75, 3.05) is 44.9 Å². The number of nitrogens with one attached hydrogen (secondary N) is 2. The van der Waals surface area contributed by atoms with Gasteiger partial charge in [0.15, 0.2) is 0 Å². The molecule has 0 aliphatic carbocycles. The van der Waals surface area contributed by atoms with Gasteiger partial charge in [0.25, 0.3) is 0 Å². The Morgan fingerprint density at radius 3 is 2.57 bits per heavy atom. The minimum Gasteiger partial charge on any atom is -0.467 e. The summed E-state index contributed by atoms with van der Waals surface area (Å²) in [4.78, 5) is 19.4. The molecule has 0 atom stereocenters. The molecule has 158 valence electrons. The molecule has 10 heteroatoms. The second-order valence-electron chi connectivity index (χ2n) is 6.75. The average molecular weight is 432 g/mol. The van der Waals surface area contributed by atoms with Crippen molar-refractivity contribution in [3.8, 4) is 17.1 Å². The molecule has 0 spiro atoms. The first-order valence-corrected chi connectivity index (χ1v) is 9.68. The Balaban J connectivity index is 1.85. The summed E-state index contributed by atoms with van der Waals surface area (Å²) in [6, 6.07) is 4.62. The molecule has 0 unspecified atom stereocenters. The largest absolute Gasteiger partial charge is 0.467 e. The van der Waals surface area contributed by atoms with E-state index in [1.165, 1.54) is 19.2 Å². The number of rotatable bonds is 9. The minimum absolute atomic E-state index is 0.0223. The molecule has 8 nitrogen and oxygen atoms in total. The van der Waals surface area contributed by atoms with Crippen molar-refractivity contribution in [1.82, 2.24) is 24.8 Å². The van der Waals surface area contributed by atoms with Crippen molar-refractivity contribution in [3.63, 3.8) is 0 Å². The van der Waals surface area contributed by atoms with Crippen molar-refractivity contribution < 1.29 is 9.13 Å². The average Bonchev–Trinajstić information content (AvgIpc) is 2.74. The molecular weight excluding hydrogens is 409 g/mol. The number of aromatic nitrogens is 4. The van der Waals surface area contributed by atoms with Gasteiger partial charge in [-0.2, -0.15) is 4.98 Å². The maximum Gasteiger partial charge on any atom is 0.316 e. The number of hydrogen-bond acceptors (Lipinski definition) is 8. The van der Waals surface area contributed by atoms with Crippen LogP contribution in [-0.4, -0.2) is 59.1 Å². The van der Waals surface area contributed by atoms with E-state index in [9.17, 15) is 4.39 Å². The van der Waals surface area contributed by atoms with Crippen LogP contribution in [0.25, 0.3) is 11.1 Å². The highest BCUT2D eigenvalue weighted by Gasteiger charge is 2.12. The smallest absolute Gasteiger partial charge is 0.316 e. The molecular formula is C20H23ClFN7O. The molecule has 0 saturated heterocycles. The summed E-state index contributed by atoms with van der Waals surface area (Å²) in [7, 11) is 5.57. The van der Waals surface area contributed by atoms with Gasteiger partial charge in [-0.05, 0) is 45.3 Å². The van der Waals surface area contributed by atoms with Crippen molar-refractivity contribution in [1.29, 1.82) is 0 Å². The normalized spacial score (nSPS) is 10.9. The highest BCUT2D eigenvalue weighted by Crippen LogP contribution is 2.28. The second-order valence-corrected chi connectivity index (χ2v) is 7.16. The zero-order chi connectivity index (χ0) is 21.5. The van der Waals surface area contributed by atoms with E-state index in [-0.39, 0.29) is 11.0 Å². The van der Waals surface area contributed by atoms with Crippen molar-refractivity contribution in [2.24, 2.45) is 0 Å². The van der Waals surface area contributed by atoms with Gasteiger partial charge in [-0.25, -0.2) is 19.3 Å². The Morgan fingerprint density at radius 2 is 1.90 bits per heavy atom. The summed E-state index contributed by atoms with van der Waals surface area (Å²) >= 11 is 5.86. The molecule has 30 heavy (non-hydrogen) atoms. The lowest BCUT2D eigenvalue weighted by atomic mass is 10.1. The van der Waals surface area contributed by atoms with Crippen molar-refractivity contribution >= 4 is 29.1 Å². The molecule has 0 aliphatic rings. The summed E-state index contributed by atoms with van der Waals surface area (Å²) in [5.74, 6) is 0.500. The monoisotopic (exact) mass is 431 g/mol. The topological polar surface area (TPSA) is 88.1 Å². The highest BCUT2D eigenvalue weighted by molar-refractivity contribution is 6.31. The molecule has 3 rings (SSSR count). The molecule has 1 aromatic carbocycles. The predicted molar refractivity (Wildman–Crippen MR) is 116 cm³/mol. The van der Waals surface area contributed by atoms with Crippen LogP contribution in [0, 0.1) is 5.82 Å². The van der Waals surface area contributed by atoms with Gasteiger partial charge >= 0.3 is 6.01 Å². The van der Waals surface area contributed by atoms with E-state index in [1.807, 2.05) is 14.1 Å². The minimum atomic E-state index is -0.485. The molecule has 0 bridgehead atoms. The predicted octanol–water partition coefficient (Wildman–Crippen LogP) is 3.84. The molecule has 2 N–H and O–H groups in total. The fourth-order valence-corrected chi connectivity index (χ4v) is 2.83. The van der Waals surface area contributed by atoms with Gasteiger partial charge in [0.05, 0.1) is 12.1 Å².